The van der Waals surface area contributed by atoms with E-state index in [1.807, 2.05) is 35.2 Å². The molecule has 34 heavy (non-hydrogen) atoms. The highest BCUT2D eigenvalue weighted by atomic mass is 32.2. The van der Waals surface area contributed by atoms with Crippen LogP contribution < -0.4 is 9.04 Å². The van der Waals surface area contributed by atoms with E-state index in [1.165, 1.54) is 10.4 Å². The molecule has 3 aromatic rings. The van der Waals surface area contributed by atoms with Gasteiger partial charge in [0.2, 0.25) is 0 Å². The third kappa shape index (κ3) is 5.25. The lowest BCUT2D eigenvalue weighted by atomic mass is 9.99. The van der Waals surface area contributed by atoms with E-state index in [1.54, 1.807) is 49.6 Å². The summed E-state index contributed by atoms with van der Waals surface area (Å²) in [6, 6.07) is 22.7. The predicted molar refractivity (Wildman–Crippen MR) is 134 cm³/mol. The zero-order valence-corrected chi connectivity index (χ0v) is 20.4. The Morgan fingerprint density at radius 1 is 1.03 bits per heavy atom. The van der Waals surface area contributed by atoms with Crippen LogP contribution in [-0.2, 0) is 16.6 Å². The molecule has 7 heteroatoms. The van der Waals surface area contributed by atoms with Gasteiger partial charge in [-0.05, 0) is 66.8 Å². The first-order valence-electron chi connectivity index (χ1n) is 11.5. The number of piperidine rings is 1. The minimum atomic E-state index is -3.95. The van der Waals surface area contributed by atoms with Crippen LogP contribution in [0.2, 0.25) is 0 Å². The number of carbonyl (C=O) groups is 1. The van der Waals surface area contributed by atoms with Gasteiger partial charge in [-0.3, -0.25) is 9.10 Å². The largest absolute Gasteiger partial charge is 0.497 e. The molecule has 1 amide bonds. The third-order valence-electron chi connectivity index (χ3n) is 6.14. The molecule has 1 atom stereocenters. The maximum absolute atomic E-state index is 13.9. The van der Waals surface area contributed by atoms with Crippen molar-refractivity contribution in [2.75, 3.05) is 24.5 Å². The smallest absolute Gasteiger partial charge is 0.264 e. The molecule has 0 aromatic heterocycles. The third-order valence-corrected chi connectivity index (χ3v) is 7.91. The number of nitrogens with zero attached hydrogens (tertiary/aromatic N) is 2. The van der Waals surface area contributed by atoms with E-state index in [9.17, 15) is 13.2 Å². The number of sulfonamides is 1. The van der Waals surface area contributed by atoms with Crippen LogP contribution in [0.4, 0.5) is 5.69 Å². The molecule has 0 N–H and O–H groups in total. The number of hydrogen-bond donors (Lipinski definition) is 0. The van der Waals surface area contributed by atoms with Gasteiger partial charge in [-0.25, -0.2) is 8.42 Å². The van der Waals surface area contributed by atoms with Crippen LogP contribution in [0, 0.1) is 5.92 Å². The zero-order valence-electron chi connectivity index (χ0n) is 19.6. The SMILES string of the molecule is COc1ccc(N(Cc2ccccc2)S(=O)(=O)c2cccc(C(=O)N3CCCC(C)C3)c2)cc1. The fourth-order valence-electron chi connectivity index (χ4n) is 4.29. The number of likely N-dealkylation sites (tertiary alicyclic amines) is 1. The Bertz CT molecular complexity index is 1230. The van der Waals surface area contributed by atoms with Crippen molar-refractivity contribution >= 4 is 21.6 Å². The zero-order chi connectivity index (χ0) is 24.1. The van der Waals surface area contributed by atoms with Crippen molar-refractivity contribution in [3.63, 3.8) is 0 Å². The molecule has 3 aromatic carbocycles. The van der Waals surface area contributed by atoms with Crippen molar-refractivity contribution < 1.29 is 17.9 Å². The van der Waals surface area contributed by atoms with Gasteiger partial charge >= 0.3 is 0 Å². The molecule has 0 bridgehead atoms. The standard InChI is InChI=1S/C27H30N2O4S/c1-21-8-7-17-28(19-21)27(30)23-11-6-12-26(18-23)34(31,32)29(20-22-9-4-3-5-10-22)24-13-15-25(33-2)16-14-24/h3-6,9-16,18,21H,7-8,17,19-20H2,1-2H3. The first-order valence-corrected chi connectivity index (χ1v) is 12.9. The summed E-state index contributed by atoms with van der Waals surface area (Å²) in [7, 11) is -2.38. The van der Waals surface area contributed by atoms with E-state index in [4.69, 9.17) is 4.74 Å². The highest BCUT2D eigenvalue weighted by Crippen LogP contribution is 2.29. The normalized spacial score (nSPS) is 16.2. The van der Waals surface area contributed by atoms with Crippen LogP contribution in [0.3, 0.4) is 0 Å². The van der Waals surface area contributed by atoms with Crippen LogP contribution in [0.25, 0.3) is 0 Å². The van der Waals surface area contributed by atoms with Crippen LogP contribution in [0.5, 0.6) is 5.75 Å². The summed E-state index contributed by atoms with van der Waals surface area (Å²) in [5, 5.41) is 0. The Balaban J connectivity index is 1.69. The molecule has 0 saturated carbocycles. The molecule has 1 fully saturated rings. The number of ether oxygens (including phenoxy) is 1. The Hall–Kier alpha value is -3.32. The molecular formula is C27H30N2O4S. The molecule has 1 aliphatic rings. The van der Waals surface area contributed by atoms with Crippen molar-refractivity contribution in [3.05, 3.63) is 90.0 Å². The maximum Gasteiger partial charge on any atom is 0.264 e. The fourth-order valence-corrected chi connectivity index (χ4v) is 5.79. The highest BCUT2D eigenvalue weighted by Gasteiger charge is 2.28. The van der Waals surface area contributed by atoms with Crippen LogP contribution in [0.1, 0.15) is 35.7 Å². The van der Waals surface area contributed by atoms with Gasteiger partial charge in [-0.15, -0.1) is 0 Å². The lowest BCUT2D eigenvalue weighted by Gasteiger charge is -2.31. The Morgan fingerprint density at radius 2 is 1.76 bits per heavy atom. The van der Waals surface area contributed by atoms with E-state index in [0.717, 1.165) is 18.4 Å². The first-order chi connectivity index (χ1) is 16.4. The van der Waals surface area contributed by atoms with Gasteiger partial charge in [0.05, 0.1) is 24.2 Å². The van der Waals surface area contributed by atoms with Crippen molar-refractivity contribution in [1.29, 1.82) is 0 Å². The highest BCUT2D eigenvalue weighted by molar-refractivity contribution is 7.92. The van der Waals surface area contributed by atoms with Crippen LogP contribution >= 0.6 is 0 Å². The van der Waals surface area contributed by atoms with Crippen LogP contribution in [0.15, 0.2) is 83.8 Å². The number of amides is 1. The van der Waals surface area contributed by atoms with Gasteiger partial charge in [-0.2, -0.15) is 0 Å². The van der Waals surface area contributed by atoms with Crippen LogP contribution in [-0.4, -0.2) is 39.4 Å². The average Bonchev–Trinajstić information content (AvgIpc) is 2.87. The molecule has 6 nitrogen and oxygen atoms in total. The Labute approximate surface area is 201 Å². The number of methoxy groups -OCH3 is 1. The maximum atomic E-state index is 13.9. The molecular weight excluding hydrogens is 448 g/mol. The molecule has 0 spiro atoms. The van der Waals surface area contributed by atoms with E-state index >= 15 is 0 Å². The summed E-state index contributed by atoms with van der Waals surface area (Å²) < 4.78 is 34.3. The van der Waals surface area contributed by atoms with Crippen molar-refractivity contribution in [2.45, 2.75) is 31.2 Å². The summed E-state index contributed by atoms with van der Waals surface area (Å²) in [5.41, 5.74) is 1.77. The summed E-state index contributed by atoms with van der Waals surface area (Å²) >= 11 is 0. The van der Waals surface area contributed by atoms with Gasteiger partial charge in [0, 0.05) is 18.7 Å². The molecule has 0 radical (unpaired) electrons. The fraction of sp³-hybridized carbons (Fsp3) is 0.296. The first kappa shape index (κ1) is 23.8. The predicted octanol–water partition coefficient (Wildman–Crippen LogP) is 4.96. The molecule has 1 aliphatic heterocycles. The molecule has 178 valence electrons. The van der Waals surface area contributed by atoms with Gasteiger partial charge < -0.3 is 9.64 Å². The average molecular weight is 479 g/mol. The number of benzene rings is 3. The van der Waals surface area contributed by atoms with Gasteiger partial charge in [0.1, 0.15) is 5.75 Å². The second-order valence-corrected chi connectivity index (χ2v) is 10.6. The van der Waals surface area contributed by atoms with Crippen molar-refractivity contribution in [1.82, 2.24) is 4.90 Å². The van der Waals surface area contributed by atoms with Crippen molar-refractivity contribution in [3.8, 4) is 5.75 Å². The molecule has 1 unspecified atom stereocenters. The van der Waals surface area contributed by atoms with Crippen molar-refractivity contribution in [2.24, 2.45) is 5.92 Å². The van der Waals surface area contributed by atoms with Gasteiger partial charge in [0.15, 0.2) is 0 Å². The number of anilines is 1. The Kier molecular flexibility index (Phi) is 7.22. The molecule has 1 heterocycles. The Morgan fingerprint density at radius 3 is 2.44 bits per heavy atom. The lowest BCUT2D eigenvalue weighted by Crippen LogP contribution is -2.39. The van der Waals surface area contributed by atoms with E-state index < -0.39 is 10.0 Å². The van der Waals surface area contributed by atoms with Gasteiger partial charge in [0.25, 0.3) is 15.9 Å². The summed E-state index contributed by atoms with van der Waals surface area (Å²) in [6.07, 6.45) is 2.07. The summed E-state index contributed by atoms with van der Waals surface area (Å²) in [4.78, 5) is 15.0. The lowest BCUT2D eigenvalue weighted by molar-refractivity contribution is 0.0683. The molecule has 1 saturated heterocycles. The summed E-state index contributed by atoms with van der Waals surface area (Å²) in [5.74, 6) is 0.966. The number of rotatable bonds is 7. The second kappa shape index (κ2) is 10.3. The van der Waals surface area contributed by atoms with E-state index in [-0.39, 0.29) is 17.3 Å². The minimum Gasteiger partial charge on any atom is -0.497 e. The minimum absolute atomic E-state index is 0.0927. The monoisotopic (exact) mass is 478 g/mol. The topological polar surface area (TPSA) is 66.9 Å². The van der Waals surface area contributed by atoms with E-state index in [0.29, 0.717) is 36.0 Å². The molecule has 4 rings (SSSR count). The second-order valence-electron chi connectivity index (χ2n) is 8.72. The molecule has 0 aliphatic carbocycles. The number of carbonyl (C=O) groups excluding carboxylic acids is 1. The summed E-state index contributed by atoms with van der Waals surface area (Å²) in [6.45, 7) is 3.70. The van der Waals surface area contributed by atoms with E-state index in [2.05, 4.69) is 6.92 Å². The van der Waals surface area contributed by atoms with Gasteiger partial charge in [-0.1, -0.05) is 43.3 Å². The number of hydrogen-bond acceptors (Lipinski definition) is 4. The quantitative estimate of drug-likeness (QED) is 0.481.